The maximum atomic E-state index is 13.3. The highest BCUT2D eigenvalue weighted by Gasteiger charge is 2.06. The minimum absolute atomic E-state index is 0.259. The molecule has 0 radical (unpaired) electrons. The van der Waals surface area contributed by atoms with Crippen molar-refractivity contribution in [2.75, 3.05) is 13.7 Å². The normalized spacial score (nSPS) is 9.64. The number of halogens is 1. The van der Waals surface area contributed by atoms with Crippen LogP contribution >= 0.6 is 12.2 Å². The van der Waals surface area contributed by atoms with Crippen molar-refractivity contribution in [1.29, 1.82) is 0 Å². The molecular weight excluding hydrogens is 201 g/mol. The van der Waals surface area contributed by atoms with Gasteiger partial charge in [-0.15, -0.1) is 0 Å². The van der Waals surface area contributed by atoms with Gasteiger partial charge >= 0.3 is 0 Å². The predicted molar refractivity (Wildman–Crippen MR) is 58.3 cm³/mol. The molecule has 0 atom stereocenters. The molecule has 1 N–H and O–H groups in total. The van der Waals surface area contributed by atoms with Gasteiger partial charge in [0.15, 0.2) is 11.6 Å². The Morgan fingerprint density at radius 3 is 2.79 bits per heavy atom. The summed E-state index contributed by atoms with van der Waals surface area (Å²) >= 11 is 4.97. The van der Waals surface area contributed by atoms with Gasteiger partial charge in [0.25, 0.3) is 0 Å². The zero-order valence-corrected chi connectivity index (χ0v) is 8.95. The molecule has 0 aliphatic rings. The highest BCUT2D eigenvalue weighted by Crippen LogP contribution is 2.18. The SMILES string of the molecule is CCOc1ccc(C(=S)NC)cc1F. The van der Waals surface area contributed by atoms with Gasteiger partial charge in [-0.05, 0) is 25.1 Å². The molecule has 0 aromatic heterocycles. The lowest BCUT2D eigenvalue weighted by Crippen LogP contribution is -2.16. The zero-order valence-electron chi connectivity index (χ0n) is 8.13. The molecular formula is C10H12FNOS. The van der Waals surface area contributed by atoms with Gasteiger partial charge in [-0.1, -0.05) is 12.2 Å². The van der Waals surface area contributed by atoms with Crippen molar-refractivity contribution >= 4 is 17.2 Å². The summed E-state index contributed by atoms with van der Waals surface area (Å²) in [5.41, 5.74) is 0.656. The minimum atomic E-state index is -0.387. The van der Waals surface area contributed by atoms with Crippen LogP contribution in [0.5, 0.6) is 5.75 Å². The third-order valence-corrected chi connectivity index (χ3v) is 2.16. The molecule has 0 saturated carbocycles. The molecule has 14 heavy (non-hydrogen) atoms. The lowest BCUT2D eigenvalue weighted by atomic mass is 10.2. The van der Waals surface area contributed by atoms with E-state index in [1.165, 1.54) is 6.07 Å². The minimum Gasteiger partial charge on any atom is -0.491 e. The monoisotopic (exact) mass is 213 g/mol. The van der Waals surface area contributed by atoms with E-state index in [4.69, 9.17) is 17.0 Å². The van der Waals surface area contributed by atoms with E-state index in [-0.39, 0.29) is 11.6 Å². The first-order valence-corrected chi connectivity index (χ1v) is 4.74. The fourth-order valence-corrected chi connectivity index (χ4v) is 1.19. The molecule has 1 rings (SSSR count). The molecule has 1 aromatic carbocycles. The summed E-state index contributed by atoms with van der Waals surface area (Å²) in [4.78, 5) is 0.520. The summed E-state index contributed by atoms with van der Waals surface area (Å²) < 4.78 is 18.4. The maximum absolute atomic E-state index is 13.3. The van der Waals surface area contributed by atoms with E-state index in [1.54, 1.807) is 19.2 Å². The quantitative estimate of drug-likeness (QED) is 0.777. The molecule has 0 aliphatic carbocycles. The first-order chi connectivity index (χ1) is 6.69. The molecule has 76 valence electrons. The van der Waals surface area contributed by atoms with Gasteiger partial charge in [0.2, 0.25) is 0 Å². The molecule has 0 bridgehead atoms. The molecule has 0 heterocycles. The number of thiocarbonyl (C=S) groups is 1. The molecule has 0 saturated heterocycles. The zero-order chi connectivity index (χ0) is 10.6. The highest BCUT2D eigenvalue weighted by molar-refractivity contribution is 7.80. The average Bonchev–Trinajstić information content (AvgIpc) is 2.20. The second kappa shape index (κ2) is 4.91. The van der Waals surface area contributed by atoms with Crippen molar-refractivity contribution in [2.24, 2.45) is 0 Å². The Balaban J connectivity index is 2.94. The van der Waals surface area contributed by atoms with Crippen LogP contribution in [-0.2, 0) is 0 Å². The van der Waals surface area contributed by atoms with Crippen LogP contribution < -0.4 is 10.1 Å². The summed E-state index contributed by atoms with van der Waals surface area (Å²) in [5.74, 6) is -0.128. The van der Waals surface area contributed by atoms with Crippen molar-refractivity contribution in [3.63, 3.8) is 0 Å². The van der Waals surface area contributed by atoms with Crippen LogP contribution in [0.15, 0.2) is 18.2 Å². The Hall–Kier alpha value is -1.16. The van der Waals surface area contributed by atoms with Gasteiger partial charge in [0.05, 0.1) is 6.61 Å². The summed E-state index contributed by atoms with van der Waals surface area (Å²) in [7, 11) is 1.71. The van der Waals surface area contributed by atoms with E-state index in [0.717, 1.165) is 0 Å². The Labute approximate surface area is 88.1 Å². The van der Waals surface area contributed by atoms with Crippen LogP contribution in [0.1, 0.15) is 12.5 Å². The van der Waals surface area contributed by atoms with Crippen LogP contribution in [-0.4, -0.2) is 18.6 Å². The van der Waals surface area contributed by atoms with Gasteiger partial charge in [-0.25, -0.2) is 4.39 Å². The van der Waals surface area contributed by atoms with E-state index in [2.05, 4.69) is 5.32 Å². The van der Waals surface area contributed by atoms with E-state index in [9.17, 15) is 4.39 Å². The van der Waals surface area contributed by atoms with Crippen LogP contribution in [0.4, 0.5) is 4.39 Å². The fraction of sp³-hybridized carbons (Fsp3) is 0.300. The number of hydrogen-bond donors (Lipinski definition) is 1. The number of rotatable bonds is 3. The molecule has 0 aliphatic heterocycles. The van der Waals surface area contributed by atoms with E-state index in [0.29, 0.717) is 17.2 Å². The molecule has 0 spiro atoms. The van der Waals surface area contributed by atoms with E-state index in [1.807, 2.05) is 6.92 Å². The van der Waals surface area contributed by atoms with Crippen LogP contribution in [0.25, 0.3) is 0 Å². The molecule has 1 aromatic rings. The summed E-state index contributed by atoms with van der Waals surface area (Å²) in [6, 6.07) is 4.68. The number of ether oxygens (including phenoxy) is 1. The van der Waals surface area contributed by atoms with Crippen molar-refractivity contribution in [1.82, 2.24) is 5.32 Å². The third-order valence-electron chi connectivity index (χ3n) is 1.72. The Bertz CT molecular complexity index is 341. The van der Waals surface area contributed by atoms with Crippen molar-refractivity contribution < 1.29 is 9.13 Å². The smallest absolute Gasteiger partial charge is 0.165 e. The van der Waals surface area contributed by atoms with Crippen molar-refractivity contribution in [3.8, 4) is 5.75 Å². The predicted octanol–water partition coefficient (Wildman–Crippen LogP) is 2.12. The highest BCUT2D eigenvalue weighted by atomic mass is 32.1. The Kier molecular flexibility index (Phi) is 3.83. The largest absolute Gasteiger partial charge is 0.491 e. The summed E-state index contributed by atoms with van der Waals surface area (Å²) in [6.07, 6.45) is 0. The first kappa shape index (κ1) is 10.9. The van der Waals surface area contributed by atoms with Crippen molar-refractivity contribution in [3.05, 3.63) is 29.6 Å². The molecule has 0 unspecified atom stereocenters. The van der Waals surface area contributed by atoms with Crippen LogP contribution in [0.3, 0.4) is 0 Å². The Morgan fingerprint density at radius 1 is 1.57 bits per heavy atom. The first-order valence-electron chi connectivity index (χ1n) is 4.33. The second-order valence-corrected chi connectivity index (χ2v) is 3.07. The number of nitrogens with one attached hydrogen (secondary N) is 1. The van der Waals surface area contributed by atoms with Gasteiger partial charge in [-0.2, -0.15) is 0 Å². The molecule has 0 amide bonds. The average molecular weight is 213 g/mol. The van der Waals surface area contributed by atoms with E-state index < -0.39 is 0 Å². The number of hydrogen-bond acceptors (Lipinski definition) is 2. The lowest BCUT2D eigenvalue weighted by Gasteiger charge is -2.07. The number of benzene rings is 1. The molecule has 0 fully saturated rings. The van der Waals surface area contributed by atoms with Crippen LogP contribution in [0.2, 0.25) is 0 Å². The lowest BCUT2D eigenvalue weighted by molar-refractivity contribution is 0.321. The van der Waals surface area contributed by atoms with Gasteiger partial charge < -0.3 is 10.1 Å². The Morgan fingerprint density at radius 2 is 2.29 bits per heavy atom. The molecule has 4 heteroatoms. The van der Waals surface area contributed by atoms with Crippen molar-refractivity contribution in [2.45, 2.75) is 6.92 Å². The second-order valence-electron chi connectivity index (χ2n) is 2.66. The summed E-state index contributed by atoms with van der Waals surface area (Å²) in [6.45, 7) is 2.26. The van der Waals surface area contributed by atoms with Gasteiger partial charge in [-0.3, -0.25) is 0 Å². The van der Waals surface area contributed by atoms with E-state index >= 15 is 0 Å². The third kappa shape index (κ3) is 2.42. The fourth-order valence-electron chi connectivity index (χ4n) is 1.06. The maximum Gasteiger partial charge on any atom is 0.165 e. The van der Waals surface area contributed by atoms with Gasteiger partial charge in [0.1, 0.15) is 4.99 Å². The van der Waals surface area contributed by atoms with Crippen LogP contribution in [0, 0.1) is 5.82 Å². The standard InChI is InChI=1S/C10H12FNOS/c1-3-13-9-5-4-7(6-8(9)11)10(14)12-2/h4-6H,3H2,1-2H3,(H,12,14). The summed E-state index contributed by atoms with van der Waals surface area (Å²) in [5, 5.41) is 2.78. The molecule has 2 nitrogen and oxygen atoms in total. The topological polar surface area (TPSA) is 21.3 Å². The van der Waals surface area contributed by atoms with Gasteiger partial charge in [0, 0.05) is 12.6 Å².